The van der Waals surface area contributed by atoms with E-state index >= 15 is 0 Å². The predicted molar refractivity (Wildman–Crippen MR) is 78.2 cm³/mol. The van der Waals surface area contributed by atoms with Gasteiger partial charge in [-0.05, 0) is 38.3 Å². The van der Waals surface area contributed by atoms with E-state index in [-0.39, 0.29) is 11.9 Å². The standard InChI is InChI=1S/C14H23NO3S/c1-3-11-19(17,18)14-9-5-4-8-13(14)15-10-6-7-12(2)16/h4-5,8-9,12,15-16H,3,6-7,10-11H2,1-2H3. The molecule has 0 saturated heterocycles. The smallest absolute Gasteiger partial charge is 0.180 e. The maximum absolute atomic E-state index is 12.1. The van der Waals surface area contributed by atoms with Crippen molar-refractivity contribution in [2.75, 3.05) is 17.6 Å². The van der Waals surface area contributed by atoms with Gasteiger partial charge in [0.05, 0.1) is 22.4 Å². The number of para-hydroxylation sites is 1. The van der Waals surface area contributed by atoms with E-state index in [9.17, 15) is 13.5 Å². The second-order valence-corrected chi connectivity index (χ2v) is 6.81. The molecule has 108 valence electrons. The third kappa shape index (κ3) is 5.20. The Morgan fingerprint density at radius 1 is 1.32 bits per heavy atom. The van der Waals surface area contributed by atoms with Crippen molar-refractivity contribution in [2.45, 2.75) is 44.1 Å². The van der Waals surface area contributed by atoms with Crippen molar-refractivity contribution in [1.29, 1.82) is 0 Å². The number of benzene rings is 1. The highest BCUT2D eigenvalue weighted by Crippen LogP contribution is 2.22. The van der Waals surface area contributed by atoms with Crippen molar-refractivity contribution in [3.8, 4) is 0 Å². The fraction of sp³-hybridized carbons (Fsp3) is 0.571. The van der Waals surface area contributed by atoms with Crippen molar-refractivity contribution in [2.24, 2.45) is 0 Å². The lowest BCUT2D eigenvalue weighted by Gasteiger charge is -2.12. The maximum Gasteiger partial charge on any atom is 0.180 e. The first kappa shape index (κ1) is 16.0. The van der Waals surface area contributed by atoms with Crippen LogP contribution in [0.3, 0.4) is 0 Å². The summed E-state index contributed by atoms with van der Waals surface area (Å²) in [6.07, 6.45) is 1.80. The van der Waals surface area contributed by atoms with Crippen LogP contribution in [0.25, 0.3) is 0 Å². The van der Waals surface area contributed by atoms with Crippen molar-refractivity contribution in [1.82, 2.24) is 0 Å². The quantitative estimate of drug-likeness (QED) is 0.720. The van der Waals surface area contributed by atoms with E-state index in [2.05, 4.69) is 5.32 Å². The minimum atomic E-state index is -3.21. The zero-order valence-electron chi connectivity index (χ0n) is 11.6. The van der Waals surface area contributed by atoms with Crippen molar-refractivity contribution < 1.29 is 13.5 Å². The third-order valence-electron chi connectivity index (χ3n) is 2.81. The summed E-state index contributed by atoms with van der Waals surface area (Å²) >= 11 is 0. The molecular weight excluding hydrogens is 262 g/mol. The molecule has 4 nitrogen and oxygen atoms in total. The zero-order valence-corrected chi connectivity index (χ0v) is 12.4. The summed E-state index contributed by atoms with van der Waals surface area (Å²) < 4.78 is 24.2. The maximum atomic E-state index is 12.1. The molecule has 0 aliphatic rings. The molecule has 1 aromatic carbocycles. The Morgan fingerprint density at radius 3 is 2.63 bits per heavy atom. The van der Waals surface area contributed by atoms with Gasteiger partial charge in [0, 0.05) is 6.54 Å². The molecule has 1 aromatic rings. The fourth-order valence-corrected chi connectivity index (χ4v) is 3.40. The highest BCUT2D eigenvalue weighted by molar-refractivity contribution is 7.91. The highest BCUT2D eigenvalue weighted by Gasteiger charge is 2.16. The number of hydrogen-bond donors (Lipinski definition) is 2. The van der Waals surface area contributed by atoms with Crippen LogP contribution in [0.4, 0.5) is 5.69 Å². The Morgan fingerprint density at radius 2 is 2.00 bits per heavy atom. The Kier molecular flexibility index (Phi) is 6.31. The number of sulfone groups is 1. The van der Waals surface area contributed by atoms with Crippen LogP contribution in [0.1, 0.15) is 33.1 Å². The average Bonchev–Trinajstić information content (AvgIpc) is 2.35. The van der Waals surface area contributed by atoms with Gasteiger partial charge in [-0.25, -0.2) is 8.42 Å². The minimum absolute atomic E-state index is 0.166. The number of nitrogens with one attached hydrogen (secondary N) is 1. The fourth-order valence-electron chi connectivity index (χ4n) is 1.88. The van der Waals surface area contributed by atoms with E-state index in [0.717, 1.165) is 6.42 Å². The largest absolute Gasteiger partial charge is 0.393 e. The second kappa shape index (κ2) is 7.50. The molecular formula is C14H23NO3S. The molecule has 0 aliphatic carbocycles. The van der Waals surface area contributed by atoms with Crippen molar-refractivity contribution in [3.63, 3.8) is 0 Å². The van der Waals surface area contributed by atoms with E-state index in [0.29, 0.717) is 30.0 Å². The van der Waals surface area contributed by atoms with Crippen LogP contribution in [-0.4, -0.2) is 31.9 Å². The van der Waals surface area contributed by atoms with Crippen LogP contribution >= 0.6 is 0 Å². The summed E-state index contributed by atoms with van der Waals surface area (Å²) in [7, 11) is -3.21. The first-order chi connectivity index (χ1) is 8.97. The highest BCUT2D eigenvalue weighted by atomic mass is 32.2. The SMILES string of the molecule is CCCS(=O)(=O)c1ccccc1NCCCC(C)O. The second-order valence-electron chi connectivity index (χ2n) is 4.73. The molecule has 5 heteroatoms. The van der Waals surface area contributed by atoms with Crippen molar-refractivity contribution >= 4 is 15.5 Å². The first-order valence-electron chi connectivity index (χ1n) is 6.71. The Hall–Kier alpha value is -1.07. The van der Waals surface area contributed by atoms with Crippen LogP contribution in [0, 0.1) is 0 Å². The molecule has 1 rings (SSSR count). The summed E-state index contributed by atoms with van der Waals surface area (Å²) in [6.45, 7) is 4.26. The topological polar surface area (TPSA) is 66.4 Å². The minimum Gasteiger partial charge on any atom is -0.393 e. The van der Waals surface area contributed by atoms with Gasteiger partial charge < -0.3 is 10.4 Å². The molecule has 0 aliphatic heterocycles. The number of aliphatic hydroxyl groups excluding tert-OH is 1. The van der Waals surface area contributed by atoms with Gasteiger partial charge in [-0.1, -0.05) is 19.1 Å². The number of hydrogen-bond acceptors (Lipinski definition) is 4. The molecule has 1 unspecified atom stereocenters. The van der Waals surface area contributed by atoms with Gasteiger partial charge in [-0.3, -0.25) is 0 Å². The lowest BCUT2D eigenvalue weighted by atomic mass is 10.2. The predicted octanol–water partition coefficient (Wildman–Crippen LogP) is 2.44. The van der Waals surface area contributed by atoms with Crippen molar-refractivity contribution in [3.05, 3.63) is 24.3 Å². The van der Waals surface area contributed by atoms with Gasteiger partial charge in [0.1, 0.15) is 0 Å². The average molecular weight is 285 g/mol. The lowest BCUT2D eigenvalue weighted by molar-refractivity contribution is 0.183. The number of aliphatic hydroxyl groups is 1. The summed E-state index contributed by atoms with van der Waals surface area (Å²) in [5.74, 6) is 0.166. The van der Waals surface area contributed by atoms with Crippen LogP contribution in [0.2, 0.25) is 0 Å². The zero-order chi connectivity index (χ0) is 14.3. The normalized spacial score (nSPS) is 13.2. The molecule has 1 atom stereocenters. The molecule has 0 radical (unpaired) electrons. The summed E-state index contributed by atoms with van der Waals surface area (Å²) in [5, 5.41) is 12.3. The van der Waals surface area contributed by atoms with Crippen LogP contribution in [-0.2, 0) is 9.84 Å². The molecule has 0 aromatic heterocycles. The van der Waals surface area contributed by atoms with Gasteiger partial charge in [-0.2, -0.15) is 0 Å². The Bertz CT molecular complexity index is 483. The van der Waals surface area contributed by atoms with Gasteiger partial charge >= 0.3 is 0 Å². The third-order valence-corrected chi connectivity index (χ3v) is 4.78. The van der Waals surface area contributed by atoms with Gasteiger partial charge in [0.2, 0.25) is 0 Å². The molecule has 19 heavy (non-hydrogen) atoms. The number of anilines is 1. The van der Waals surface area contributed by atoms with Gasteiger partial charge in [0.25, 0.3) is 0 Å². The molecule has 0 heterocycles. The van der Waals surface area contributed by atoms with Crippen LogP contribution in [0.5, 0.6) is 0 Å². The monoisotopic (exact) mass is 285 g/mol. The van der Waals surface area contributed by atoms with E-state index in [1.807, 2.05) is 13.0 Å². The molecule has 0 saturated carbocycles. The van der Waals surface area contributed by atoms with E-state index in [1.54, 1.807) is 25.1 Å². The van der Waals surface area contributed by atoms with E-state index in [1.165, 1.54) is 0 Å². The molecule has 0 amide bonds. The summed E-state index contributed by atoms with van der Waals surface area (Å²) in [5.41, 5.74) is 0.654. The lowest BCUT2D eigenvalue weighted by Crippen LogP contribution is -2.12. The molecule has 0 spiro atoms. The van der Waals surface area contributed by atoms with Gasteiger partial charge in [0.15, 0.2) is 9.84 Å². The molecule has 2 N–H and O–H groups in total. The molecule has 0 bridgehead atoms. The molecule has 0 fully saturated rings. The van der Waals surface area contributed by atoms with Crippen LogP contribution in [0.15, 0.2) is 29.2 Å². The summed E-state index contributed by atoms with van der Waals surface area (Å²) in [6, 6.07) is 6.98. The van der Waals surface area contributed by atoms with E-state index in [4.69, 9.17) is 0 Å². The Balaban J connectivity index is 2.74. The van der Waals surface area contributed by atoms with E-state index < -0.39 is 9.84 Å². The summed E-state index contributed by atoms with van der Waals surface area (Å²) in [4.78, 5) is 0.369. The van der Waals surface area contributed by atoms with Crippen LogP contribution < -0.4 is 5.32 Å². The van der Waals surface area contributed by atoms with Gasteiger partial charge in [-0.15, -0.1) is 0 Å². The first-order valence-corrected chi connectivity index (χ1v) is 8.36. The Labute approximate surface area is 115 Å². The number of rotatable bonds is 8.